The van der Waals surface area contributed by atoms with Gasteiger partial charge in [-0.1, -0.05) is 61.8 Å². The number of aliphatic hydroxyl groups is 1. The molecule has 1 aliphatic rings. The van der Waals surface area contributed by atoms with Gasteiger partial charge in [0.25, 0.3) is 11.7 Å². The predicted molar refractivity (Wildman–Crippen MR) is 125 cm³/mol. The number of Topliss-reactive ketones (excluding diaryl/α,β-unsaturated/α-hetero) is 1. The normalized spacial score (nSPS) is 17.9. The molecule has 3 aromatic carbocycles. The van der Waals surface area contributed by atoms with Crippen LogP contribution in [0.3, 0.4) is 0 Å². The summed E-state index contributed by atoms with van der Waals surface area (Å²) in [7, 11) is 0. The number of carbonyl (C=O) groups is 2. The van der Waals surface area contributed by atoms with E-state index in [0.29, 0.717) is 27.8 Å². The van der Waals surface area contributed by atoms with Crippen molar-refractivity contribution >= 4 is 34.7 Å². The molecule has 6 heteroatoms. The summed E-state index contributed by atoms with van der Waals surface area (Å²) in [6.07, 6.45) is 0. The summed E-state index contributed by atoms with van der Waals surface area (Å²) in [5.41, 5.74) is 2.39. The highest BCUT2D eigenvalue weighted by atomic mass is 35.5. The van der Waals surface area contributed by atoms with Crippen LogP contribution in [-0.4, -0.2) is 21.9 Å². The lowest BCUT2D eigenvalue weighted by Crippen LogP contribution is -2.29. The quantitative estimate of drug-likeness (QED) is 0.301. The Morgan fingerprint density at radius 3 is 2.28 bits per heavy atom. The minimum atomic E-state index is -0.911. The maximum atomic E-state index is 13.1. The number of nitrogens with zero attached hydrogens (tertiary/aromatic N) is 1. The van der Waals surface area contributed by atoms with E-state index in [4.69, 9.17) is 11.6 Å². The average Bonchev–Trinajstić information content (AvgIpc) is 3.04. The molecule has 1 heterocycles. The highest BCUT2D eigenvalue weighted by Crippen LogP contribution is 2.43. The van der Waals surface area contributed by atoms with Crippen molar-refractivity contribution in [2.45, 2.75) is 25.8 Å². The predicted octanol–water partition coefficient (Wildman–Crippen LogP) is 5.80. The molecule has 1 saturated heterocycles. The Bertz CT molecular complexity index is 1230. The number of halogens is 1. The maximum absolute atomic E-state index is 13.1. The zero-order chi connectivity index (χ0) is 23.0. The number of hydrogen-bond donors (Lipinski definition) is 2. The second-order valence-corrected chi connectivity index (χ2v) is 8.46. The first-order valence-electron chi connectivity index (χ1n) is 10.2. The van der Waals surface area contributed by atoms with Crippen molar-refractivity contribution in [3.8, 4) is 5.75 Å². The molecule has 1 aliphatic heterocycles. The van der Waals surface area contributed by atoms with Crippen LogP contribution in [0, 0.1) is 0 Å². The van der Waals surface area contributed by atoms with Gasteiger partial charge in [-0.05, 0) is 53.4 Å². The summed E-state index contributed by atoms with van der Waals surface area (Å²) < 4.78 is 0. The van der Waals surface area contributed by atoms with Crippen LogP contribution in [0.2, 0.25) is 5.02 Å². The monoisotopic (exact) mass is 447 g/mol. The van der Waals surface area contributed by atoms with Crippen molar-refractivity contribution in [1.82, 2.24) is 0 Å². The number of aromatic hydroxyl groups is 1. The summed E-state index contributed by atoms with van der Waals surface area (Å²) in [6.45, 7) is 4.14. The molecular formula is C26H22ClNO4. The molecule has 32 heavy (non-hydrogen) atoms. The molecule has 162 valence electrons. The number of ketones is 1. The topological polar surface area (TPSA) is 77.8 Å². The molecule has 4 rings (SSSR count). The van der Waals surface area contributed by atoms with Gasteiger partial charge in [0.1, 0.15) is 11.5 Å². The number of anilines is 1. The van der Waals surface area contributed by atoms with E-state index in [1.54, 1.807) is 42.5 Å². The van der Waals surface area contributed by atoms with Gasteiger partial charge in [0.05, 0.1) is 11.6 Å². The molecule has 2 N–H and O–H groups in total. The first-order chi connectivity index (χ1) is 15.3. The van der Waals surface area contributed by atoms with Gasteiger partial charge in [0.2, 0.25) is 0 Å². The molecule has 1 unspecified atom stereocenters. The van der Waals surface area contributed by atoms with Crippen LogP contribution in [0.4, 0.5) is 5.69 Å². The first kappa shape index (κ1) is 21.7. The molecule has 0 saturated carbocycles. The van der Waals surface area contributed by atoms with Gasteiger partial charge in [0.15, 0.2) is 0 Å². The van der Waals surface area contributed by atoms with E-state index in [9.17, 15) is 19.8 Å². The molecule has 1 fully saturated rings. The highest BCUT2D eigenvalue weighted by molar-refractivity contribution is 6.51. The van der Waals surface area contributed by atoms with E-state index in [2.05, 4.69) is 13.8 Å². The Morgan fingerprint density at radius 1 is 0.969 bits per heavy atom. The number of phenolic OH excluding ortho intramolecular Hbond substituents is 1. The van der Waals surface area contributed by atoms with Gasteiger partial charge in [-0.15, -0.1) is 0 Å². The molecule has 3 aromatic rings. The third-order valence-corrected chi connectivity index (χ3v) is 5.80. The molecule has 0 aliphatic carbocycles. The van der Waals surface area contributed by atoms with Crippen LogP contribution >= 0.6 is 11.6 Å². The molecule has 5 nitrogen and oxygen atoms in total. The number of benzene rings is 3. The van der Waals surface area contributed by atoms with Gasteiger partial charge < -0.3 is 10.2 Å². The molecule has 0 aromatic heterocycles. The Morgan fingerprint density at radius 2 is 1.66 bits per heavy atom. The van der Waals surface area contributed by atoms with Gasteiger partial charge in [-0.2, -0.15) is 0 Å². The van der Waals surface area contributed by atoms with E-state index < -0.39 is 17.7 Å². The van der Waals surface area contributed by atoms with Crippen LogP contribution in [-0.2, 0) is 9.59 Å². The van der Waals surface area contributed by atoms with Crippen molar-refractivity contribution in [1.29, 1.82) is 0 Å². The lowest BCUT2D eigenvalue weighted by Gasteiger charge is -2.26. The standard InChI is InChI=1S/C26H22ClNO4/c1-15(2)16-9-11-20(12-10-16)28-23(17-5-4-8-21(29)14-17)22(25(31)26(28)32)24(30)18-6-3-7-19(27)13-18/h3-15,23,29-30H,1-2H3/b24-22-. The number of amides is 1. The van der Waals surface area contributed by atoms with Gasteiger partial charge in [-0.3, -0.25) is 14.5 Å². The zero-order valence-corrected chi connectivity index (χ0v) is 18.4. The summed E-state index contributed by atoms with van der Waals surface area (Å²) >= 11 is 6.07. The summed E-state index contributed by atoms with van der Waals surface area (Å²) in [5, 5.41) is 21.5. The summed E-state index contributed by atoms with van der Waals surface area (Å²) in [4.78, 5) is 27.6. The van der Waals surface area contributed by atoms with Crippen molar-refractivity contribution < 1.29 is 19.8 Å². The van der Waals surface area contributed by atoms with Crippen LogP contribution in [0.1, 0.15) is 42.5 Å². The van der Waals surface area contributed by atoms with Crippen molar-refractivity contribution in [3.05, 3.63) is 100 Å². The van der Waals surface area contributed by atoms with E-state index in [-0.39, 0.29) is 17.1 Å². The Hall–Kier alpha value is -3.57. The molecular weight excluding hydrogens is 426 g/mol. The third-order valence-electron chi connectivity index (χ3n) is 5.57. The summed E-state index contributed by atoms with van der Waals surface area (Å²) in [5.74, 6) is -1.57. The number of aliphatic hydroxyl groups excluding tert-OH is 1. The molecule has 0 bridgehead atoms. The molecule has 1 atom stereocenters. The van der Waals surface area contributed by atoms with Gasteiger partial charge in [-0.25, -0.2) is 0 Å². The summed E-state index contributed by atoms with van der Waals surface area (Å²) in [6, 6.07) is 19.3. The smallest absolute Gasteiger partial charge is 0.300 e. The van der Waals surface area contributed by atoms with Gasteiger partial charge in [0, 0.05) is 16.3 Å². The number of hydrogen-bond acceptors (Lipinski definition) is 4. The Balaban J connectivity index is 1.92. The van der Waals surface area contributed by atoms with Gasteiger partial charge >= 0.3 is 0 Å². The van der Waals surface area contributed by atoms with E-state index in [1.807, 2.05) is 12.1 Å². The molecule has 0 radical (unpaired) electrons. The third kappa shape index (κ3) is 3.87. The fourth-order valence-corrected chi connectivity index (χ4v) is 4.11. The molecule has 0 spiro atoms. The first-order valence-corrected chi connectivity index (χ1v) is 10.6. The lowest BCUT2D eigenvalue weighted by atomic mass is 9.95. The fourth-order valence-electron chi connectivity index (χ4n) is 3.92. The number of carbonyl (C=O) groups excluding carboxylic acids is 2. The van der Waals surface area contributed by atoms with E-state index in [1.165, 1.54) is 23.1 Å². The van der Waals surface area contributed by atoms with E-state index >= 15 is 0 Å². The zero-order valence-electron chi connectivity index (χ0n) is 17.6. The van der Waals surface area contributed by atoms with Crippen LogP contribution < -0.4 is 4.90 Å². The number of rotatable bonds is 4. The maximum Gasteiger partial charge on any atom is 0.300 e. The van der Waals surface area contributed by atoms with Crippen LogP contribution in [0.25, 0.3) is 5.76 Å². The Labute approximate surface area is 191 Å². The van der Waals surface area contributed by atoms with Crippen LogP contribution in [0.15, 0.2) is 78.4 Å². The SMILES string of the molecule is CC(C)c1ccc(N2C(=O)C(=O)/C(=C(\O)c3cccc(Cl)c3)C2c2cccc(O)c2)cc1. The largest absolute Gasteiger partial charge is 0.508 e. The highest BCUT2D eigenvalue weighted by Gasteiger charge is 2.47. The Kier molecular flexibility index (Phi) is 5.76. The second-order valence-electron chi connectivity index (χ2n) is 8.02. The number of phenols is 1. The van der Waals surface area contributed by atoms with Crippen molar-refractivity contribution in [3.63, 3.8) is 0 Å². The fraction of sp³-hybridized carbons (Fsp3) is 0.154. The van der Waals surface area contributed by atoms with E-state index in [0.717, 1.165) is 5.56 Å². The van der Waals surface area contributed by atoms with Crippen molar-refractivity contribution in [2.24, 2.45) is 0 Å². The molecule has 1 amide bonds. The second kappa shape index (κ2) is 8.52. The van der Waals surface area contributed by atoms with Crippen LogP contribution in [0.5, 0.6) is 5.75 Å². The lowest BCUT2D eigenvalue weighted by molar-refractivity contribution is -0.132. The minimum absolute atomic E-state index is 0.00833. The minimum Gasteiger partial charge on any atom is -0.508 e. The van der Waals surface area contributed by atoms with Crippen molar-refractivity contribution in [2.75, 3.05) is 4.90 Å². The average molecular weight is 448 g/mol.